The molecule has 0 aromatic carbocycles. The summed E-state index contributed by atoms with van der Waals surface area (Å²) in [6.45, 7) is 9.52. The molecule has 5 nitrogen and oxygen atoms in total. The zero-order valence-corrected chi connectivity index (χ0v) is 17.3. The summed E-state index contributed by atoms with van der Waals surface area (Å²) in [6, 6.07) is 0.681. The Bertz CT molecular complexity index is 454. The van der Waals surface area contributed by atoms with Crippen LogP contribution in [0.2, 0.25) is 0 Å². The van der Waals surface area contributed by atoms with Gasteiger partial charge in [-0.05, 0) is 51.0 Å². The van der Waals surface area contributed by atoms with Crippen LogP contribution in [0.5, 0.6) is 0 Å². The van der Waals surface area contributed by atoms with E-state index in [2.05, 4.69) is 22.0 Å². The third-order valence-corrected chi connectivity index (χ3v) is 6.39. The van der Waals surface area contributed by atoms with Crippen LogP contribution in [0.15, 0.2) is 4.99 Å². The summed E-state index contributed by atoms with van der Waals surface area (Å²) in [5, 5.41) is 3.50. The van der Waals surface area contributed by atoms with Crippen molar-refractivity contribution in [2.75, 3.05) is 45.9 Å². The molecule has 3 aliphatic heterocycles. The van der Waals surface area contributed by atoms with E-state index in [4.69, 9.17) is 9.73 Å². The lowest BCUT2D eigenvalue weighted by Crippen LogP contribution is -2.48. The molecule has 4 aliphatic rings. The van der Waals surface area contributed by atoms with Crippen molar-refractivity contribution in [2.45, 2.75) is 57.6 Å². The number of likely N-dealkylation sites (tertiary alicyclic amines) is 1. The molecule has 0 aromatic rings. The number of ether oxygens (including phenoxy) is 1. The predicted octanol–water partition coefficient (Wildman–Crippen LogP) is 2.31. The molecule has 1 aliphatic carbocycles. The SMILES string of the molecule is CCNC(=NCC1CN2CCCC2CO1)N1CCC2(CCC2)C1.I. The zero-order chi connectivity index (χ0) is 15.7. The van der Waals surface area contributed by atoms with Crippen LogP contribution in [-0.2, 0) is 4.74 Å². The van der Waals surface area contributed by atoms with Crippen molar-refractivity contribution in [3.63, 3.8) is 0 Å². The van der Waals surface area contributed by atoms with Gasteiger partial charge in [-0.2, -0.15) is 0 Å². The highest BCUT2D eigenvalue weighted by atomic mass is 127. The lowest BCUT2D eigenvalue weighted by Gasteiger charge is -2.38. The van der Waals surface area contributed by atoms with E-state index in [9.17, 15) is 0 Å². The van der Waals surface area contributed by atoms with Gasteiger partial charge in [0.2, 0.25) is 0 Å². The van der Waals surface area contributed by atoms with Gasteiger partial charge >= 0.3 is 0 Å². The van der Waals surface area contributed by atoms with E-state index in [-0.39, 0.29) is 30.1 Å². The van der Waals surface area contributed by atoms with Crippen LogP contribution in [0, 0.1) is 5.41 Å². The van der Waals surface area contributed by atoms with Crippen molar-refractivity contribution in [1.29, 1.82) is 0 Å². The molecule has 2 atom stereocenters. The molecule has 0 radical (unpaired) electrons. The third kappa shape index (κ3) is 3.85. The zero-order valence-electron chi connectivity index (χ0n) is 15.0. The van der Waals surface area contributed by atoms with Gasteiger partial charge < -0.3 is 15.0 Å². The second kappa shape index (κ2) is 8.08. The van der Waals surface area contributed by atoms with Crippen molar-refractivity contribution < 1.29 is 4.74 Å². The van der Waals surface area contributed by atoms with Crippen molar-refractivity contribution >= 4 is 29.9 Å². The highest BCUT2D eigenvalue weighted by Crippen LogP contribution is 2.47. The Balaban J connectivity index is 0.00000169. The second-order valence-corrected chi connectivity index (χ2v) is 7.97. The van der Waals surface area contributed by atoms with Gasteiger partial charge in [-0.1, -0.05) is 6.42 Å². The Morgan fingerprint density at radius 3 is 2.83 bits per heavy atom. The summed E-state index contributed by atoms with van der Waals surface area (Å²) in [7, 11) is 0. The van der Waals surface area contributed by atoms with E-state index in [1.807, 2.05) is 0 Å². The van der Waals surface area contributed by atoms with Crippen LogP contribution in [-0.4, -0.2) is 73.8 Å². The average Bonchev–Trinajstić information content (AvgIpc) is 3.17. The molecule has 3 saturated heterocycles. The maximum Gasteiger partial charge on any atom is 0.194 e. The number of aliphatic imine (C=N–C) groups is 1. The molecule has 3 heterocycles. The molecular weight excluding hydrogens is 415 g/mol. The smallest absolute Gasteiger partial charge is 0.194 e. The molecule has 4 rings (SSSR count). The van der Waals surface area contributed by atoms with Crippen LogP contribution in [0.3, 0.4) is 0 Å². The Morgan fingerprint density at radius 2 is 2.12 bits per heavy atom. The van der Waals surface area contributed by atoms with Gasteiger partial charge in [-0.25, -0.2) is 0 Å². The molecule has 138 valence electrons. The van der Waals surface area contributed by atoms with Crippen LogP contribution in [0.1, 0.15) is 45.4 Å². The van der Waals surface area contributed by atoms with Gasteiger partial charge in [0, 0.05) is 32.2 Å². The highest BCUT2D eigenvalue weighted by molar-refractivity contribution is 14.0. The molecule has 1 N–H and O–H groups in total. The predicted molar refractivity (Wildman–Crippen MR) is 108 cm³/mol. The quantitative estimate of drug-likeness (QED) is 0.409. The molecular formula is C18H33IN4O. The maximum atomic E-state index is 6.06. The number of hydrogen-bond acceptors (Lipinski definition) is 3. The maximum absolute atomic E-state index is 6.06. The molecule has 1 saturated carbocycles. The molecule has 0 amide bonds. The van der Waals surface area contributed by atoms with E-state index < -0.39 is 0 Å². The third-order valence-electron chi connectivity index (χ3n) is 6.39. The summed E-state index contributed by atoms with van der Waals surface area (Å²) in [6.07, 6.45) is 8.55. The summed E-state index contributed by atoms with van der Waals surface area (Å²) >= 11 is 0. The number of morpholine rings is 1. The number of guanidine groups is 1. The summed E-state index contributed by atoms with van der Waals surface area (Å²) in [5.41, 5.74) is 0.625. The van der Waals surface area contributed by atoms with E-state index in [0.29, 0.717) is 11.5 Å². The van der Waals surface area contributed by atoms with E-state index >= 15 is 0 Å². The van der Waals surface area contributed by atoms with Gasteiger partial charge in [0.25, 0.3) is 0 Å². The lowest BCUT2D eigenvalue weighted by atomic mass is 9.68. The number of rotatable bonds is 3. The lowest BCUT2D eigenvalue weighted by molar-refractivity contribution is -0.0432. The van der Waals surface area contributed by atoms with Gasteiger partial charge in [-0.3, -0.25) is 9.89 Å². The minimum atomic E-state index is 0. The topological polar surface area (TPSA) is 40.1 Å². The fourth-order valence-electron chi connectivity index (χ4n) is 4.81. The number of halogens is 1. The summed E-state index contributed by atoms with van der Waals surface area (Å²) < 4.78 is 6.06. The normalized spacial score (nSPS) is 32.4. The summed E-state index contributed by atoms with van der Waals surface area (Å²) in [4.78, 5) is 10.0. The number of nitrogens with zero attached hydrogens (tertiary/aromatic N) is 3. The molecule has 0 aromatic heterocycles. The van der Waals surface area contributed by atoms with Crippen LogP contribution in [0.4, 0.5) is 0 Å². The van der Waals surface area contributed by atoms with E-state index in [0.717, 1.165) is 32.2 Å². The van der Waals surface area contributed by atoms with Gasteiger partial charge in [0.05, 0.1) is 19.3 Å². The Hall–Kier alpha value is -0.0800. The first kappa shape index (κ1) is 18.7. The molecule has 24 heavy (non-hydrogen) atoms. The molecule has 6 heteroatoms. The standard InChI is InChI=1S/C18H32N4O.HI/c1-2-19-17(22-10-8-18(14-22)6-4-7-18)20-11-16-12-21-9-3-5-15(21)13-23-16;/h15-16H,2-14H2,1H3,(H,19,20);1H. The Labute approximate surface area is 163 Å². The molecule has 4 fully saturated rings. The average molecular weight is 448 g/mol. The van der Waals surface area contributed by atoms with E-state index in [1.165, 1.54) is 58.2 Å². The first-order valence-electron chi connectivity index (χ1n) is 9.67. The fraction of sp³-hybridized carbons (Fsp3) is 0.944. The second-order valence-electron chi connectivity index (χ2n) is 7.97. The molecule has 2 unspecified atom stereocenters. The van der Waals surface area contributed by atoms with Crippen LogP contribution in [0.25, 0.3) is 0 Å². The number of nitrogens with one attached hydrogen (secondary N) is 1. The van der Waals surface area contributed by atoms with Crippen molar-refractivity contribution in [2.24, 2.45) is 10.4 Å². The van der Waals surface area contributed by atoms with Gasteiger partial charge in [-0.15, -0.1) is 24.0 Å². The Morgan fingerprint density at radius 1 is 1.25 bits per heavy atom. The largest absolute Gasteiger partial charge is 0.373 e. The van der Waals surface area contributed by atoms with Crippen LogP contribution >= 0.6 is 24.0 Å². The van der Waals surface area contributed by atoms with Gasteiger partial charge in [0.15, 0.2) is 5.96 Å². The first-order chi connectivity index (χ1) is 11.3. The van der Waals surface area contributed by atoms with Crippen molar-refractivity contribution in [3.8, 4) is 0 Å². The monoisotopic (exact) mass is 448 g/mol. The molecule has 0 bridgehead atoms. The Kier molecular flexibility index (Phi) is 6.30. The number of hydrogen-bond donors (Lipinski definition) is 1. The minimum Gasteiger partial charge on any atom is -0.373 e. The van der Waals surface area contributed by atoms with Crippen molar-refractivity contribution in [1.82, 2.24) is 15.1 Å². The number of fused-ring (bicyclic) bond motifs is 1. The van der Waals surface area contributed by atoms with Crippen LogP contribution < -0.4 is 5.32 Å². The fourth-order valence-corrected chi connectivity index (χ4v) is 4.81. The van der Waals surface area contributed by atoms with Gasteiger partial charge in [0.1, 0.15) is 0 Å². The first-order valence-corrected chi connectivity index (χ1v) is 9.67. The minimum absolute atomic E-state index is 0. The van der Waals surface area contributed by atoms with E-state index in [1.54, 1.807) is 0 Å². The highest BCUT2D eigenvalue weighted by Gasteiger charge is 2.43. The molecule has 1 spiro atoms. The van der Waals surface area contributed by atoms with Crippen molar-refractivity contribution in [3.05, 3.63) is 0 Å². The summed E-state index contributed by atoms with van der Waals surface area (Å²) in [5.74, 6) is 1.11.